The quantitative estimate of drug-likeness (QED) is 0.682. The summed E-state index contributed by atoms with van der Waals surface area (Å²) in [6.45, 7) is -0.158. The number of rotatable bonds is 3. The Balaban J connectivity index is 2.23. The average Bonchev–Trinajstić information content (AvgIpc) is 2.01. The Morgan fingerprint density at radius 2 is 2.15 bits per heavy atom. The van der Waals surface area contributed by atoms with Gasteiger partial charge in [0.05, 0.1) is 6.10 Å². The van der Waals surface area contributed by atoms with Crippen molar-refractivity contribution in [2.24, 2.45) is 0 Å². The first-order valence-corrected chi connectivity index (χ1v) is 4.77. The van der Waals surface area contributed by atoms with E-state index in [1.807, 2.05) is 0 Å². The van der Waals surface area contributed by atoms with E-state index in [4.69, 9.17) is 9.84 Å². The normalized spacial score (nSPS) is 26.0. The summed E-state index contributed by atoms with van der Waals surface area (Å²) in [7, 11) is 0. The van der Waals surface area contributed by atoms with Gasteiger partial charge in [-0.1, -0.05) is 12.2 Å². The van der Waals surface area contributed by atoms with E-state index in [0.29, 0.717) is 0 Å². The largest absolute Gasteiger partial charge is 0.480 e. The first kappa shape index (κ1) is 10.3. The van der Waals surface area contributed by atoms with Crippen LogP contribution in [0.5, 0.6) is 0 Å². The van der Waals surface area contributed by atoms with Crippen LogP contribution in [0.3, 0.4) is 0 Å². The molecule has 0 aliphatic heterocycles. The maximum absolute atomic E-state index is 10.3. The van der Waals surface area contributed by atoms with E-state index in [2.05, 4.69) is 12.2 Å². The highest BCUT2D eigenvalue weighted by atomic mass is 16.5. The van der Waals surface area contributed by atoms with Gasteiger partial charge in [0.2, 0.25) is 0 Å². The highest BCUT2D eigenvalue weighted by Gasteiger charge is 2.10. The van der Waals surface area contributed by atoms with Crippen molar-refractivity contribution in [2.45, 2.75) is 38.2 Å². The number of hydrogen-bond donors (Lipinski definition) is 1. The monoisotopic (exact) mass is 184 g/mol. The zero-order valence-electron chi connectivity index (χ0n) is 7.74. The Kier molecular flexibility index (Phi) is 4.54. The standard InChI is InChI=1S/C10H16O3/c11-10(12)8-13-9-6-4-2-1-3-5-7-9/h1-2,9H,3-8H2,(H,11,12)/b2-1-. The molecule has 1 rings (SSSR count). The molecule has 3 heteroatoms. The lowest BCUT2D eigenvalue weighted by atomic mass is 10.0. The van der Waals surface area contributed by atoms with Gasteiger partial charge in [-0.3, -0.25) is 0 Å². The molecule has 0 heterocycles. The number of aliphatic carboxylic acids is 1. The van der Waals surface area contributed by atoms with Gasteiger partial charge in [0.1, 0.15) is 6.61 Å². The van der Waals surface area contributed by atoms with Gasteiger partial charge in [0, 0.05) is 0 Å². The lowest BCUT2D eigenvalue weighted by Gasteiger charge is -2.16. The molecule has 3 nitrogen and oxygen atoms in total. The molecule has 0 saturated carbocycles. The zero-order chi connectivity index (χ0) is 9.52. The minimum atomic E-state index is -0.877. The van der Waals surface area contributed by atoms with Crippen molar-refractivity contribution in [2.75, 3.05) is 6.61 Å². The second-order valence-corrected chi connectivity index (χ2v) is 3.31. The van der Waals surface area contributed by atoms with Crippen LogP contribution in [0.1, 0.15) is 32.1 Å². The van der Waals surface area contributed by atoms with Crippen molar-refractivity contribution in [3.05, 3.63) is 12.2 Å². The zero-order valence-corrected chi connectivity index (χ0v) is 7.74. The molecule has 0 aromatic rings. The van der Waals surface area contributed by atoms with Crippen molar-refractivity contribution >= 4 is 5.97 Å². The molecule has 1 N–H and O–H groups in total. The Morgan fingerprint density at radius 1 is 1.38 bits per heavy atom. The van der Waals surface area contributed by atoms with E-state index in [-0.39, 0.29) is 12.7 Å². The molecule has 74 valence electrons. The molecule has 0 fully saturated rings. The summed E-state index contributed by atoms with van der Waals surface area (Å²) in [6, 6.07) is 0. The van der Waals surface area contributed by atoms with Gasteiger partial charge >= 0.3 is 5.97 Å². The minimum Gasteiger partial charge on any atom is -0.480 e. The molecule has 0 amide bonds. The molecule has 0 bridgehead atoms. The predicted octanol–water partition coefficient (Wildman–Crippen LogP) is 1.98. The number of carbonyl (C=O) groups is 1. The van der Waals surface area contributed by atoms with Crippen LogP contribution >= 0.6 is 0 Å². The second kappa shape index (κ2) is 5.75. The third kappa shape index (κ3) is 4.68. The molecule has 1 aliphatic rings. The van der Waals surface area contributed by atoms with Crippen LogP contribution in [-0.4, -0.2) is 23.8 Å². The fraction of sp³-hybridized carbons (Fsp3) is 0.700. The lowest BCUT2D eigenvalue weighted by molar-refractivity contribution is -0.144. The van der Waals surface area contributed by atoms with Crippen molar-refractivity contribution < 1.29 is 14.6 Å². The summed E-state index contributed by atoms with van der Waals surface area (Å²) in [5.41, 5.74) is 0. The smallest absolute Gasteiger partial charge is 0.329 e. The van der Waals surface area contributed by atoms with Crippen LogP contribution in [0, 0.1) is 0 Å². The molecule has 0 spiro atoms. The highest BCUT2D eigenvalue weighted by molar-refractivity contribution is 5.68. The van der Waals surface area contributed by atoms with Crippen molar-refractivity contribution in [1.82, 2.24) is 0 Å². The van der Waals surface area contributed by atoms with Crippen LogP contribution in [0.4, 0.5) is 0 Å². The fourth-order valence-electron chi connectivity index (χ4n) is 1.48. The van der Waals surface area contributed by atoms with E-state index in [1.54, 1.807) is 0 Å². The van der Waals surface area contributed by atoms with Gasteiger partial charge in [-0.2, -0.15) is 0 Å². The number of hydrogen-bond acceptors (Lipinski definition) is 2. The van der Waals surface area contributed by atoms with Crippen LogP contribution in [0.15, 0.2) is 12.2 Å². The van der Waals surface area contributed by atoms with Crippen molar-refractivity contribution in [1.29, 1.82) is 0 Å². The predicted molar refractivity (Wildman–Crippen MR) is 49.6 cm³/mol. The van der Waals surface area contributed by atoms with E-state index in [1.165, 1.54) is 0 Å². The van der Waals surface area contributed by atoms with Gasteiger partial charge in [-0.15, -0.1) is 0 Å². The lowest BCUT2D eigenvalue weighted by Crippen LogP contribution is -2.18. The van der Waals surface area contributed by atoms with Gasteiger partial charge < -0.3 is 9.84 Å². The Bertz CT molecular complexity index is 187. The molecule has 1 aliphatic carbocycles. The number of ether oxygens (including phenoxy) is 1. The second-order valence-electron chi connectivity index (χ2n) is 3.31. The van der Waals surface area contributed by atoms with Crippen LogP contribution in [0.25, 0.3) is 0 Å². The molecule has 0 saturated heterocycles. The molecule has 0 aromatic carbocycles. The van der Waals surface area contributed by atoms with Gasteiger partial charge in [-0.25, -0.2) is 4.79 Å². The summed E-state index contributed by atoms with van der Waals surface area (Å²) in [5, 5.41) is 8.43. The topological polar surface area (TPSA) is 46.5 Å². The maximum Gasteiger partial charge on any atom is 0.329 e. The summed E-state index contributed by atoms with van der Waals surface area (Å²) in [5.74, 6) is -0.877. The van der Waals surface area contributed by atoms with E-state index < -0.39 is 5.97 Å². The SMILES string of the molecule is O=C(O)COC1CC/C=C\CCC1. The Hall–Kier alpha value is -0.830. The molecule has 1 unspecified atom stereocenters. The first-order chi connectivity index (χ1) is 6.29. The van der Waals surface area contributed by atoms with Crippen molar-refractivity contribution in [3.63, 3.8) is 0 Å². The van der Waals surface area contributed by atoms with Crippen LogP contribution < -0.4 is 0 Å². The number of allylic oxidation sites excluding steroid dienone is 2. The third-order valence-corrected chi connectivity index (χ3v) is 2.16. The van der Waals surface area contributed by atoms with Crippen LogP contribution in [-0.2, 0) is 9.53 Å². The van der Waals surface area contributed by atoms with Crippen molar-refractivity contribution in [3.8, 4) is 0 Å². The van der Waals surface area contributed by atoms with Gasteiger partial charge in [-0.05, 0) is 32.1 Å². The molecular weight excluding hydrogens is 168 g/mol. The molecule has 1 atom stereocenters. The summed E-state index contributed by atoms with van der Waals surface area (Å²) < 4.78 is 5.25. The van der Waals surface area contributed by atoms with Gasteiger partial charge in [0.25, 0.3) is 0 Å². The number of carboxylic acid groups (broad SMARTS) is 1. The molecule has 13 heavy (non-hydrogen) atoms. The fourth-order valence-corrected chi connectivity index (χ4v) is 1.48. The molecule has 0 radical (unpaired) electrons. The Morgan fingerprint density at radius 3 is 2.92 bits per heavy atom. The highest BCUT2D eigenvalue weighted by Crippen LogP contribution is 2.14. The molecule has 0 aromatic heterocycles. The van der Waals surface area contributed by atoms with E-state index in [9.17, 15) is 4.79 Å². The minimum absolute atomic E-state index is 0.140. The summed E-state index contributed by atoms with van der Waals surface area (Å²) in [6.07, 6.45) is 9.60. The van der Waals surface area contributed by atoms with Gasteiger partial charge in [0.15, 0.2) is 0 Å². The average molecular weight is 184 g/mol. The maximum atomic E-state index is 10.3. The van der Waals surface area contributed by atoms with E-state index >= 15 is 0 Å². The third-order valence-electron chi connectivity index (χ3n) is 2.16. The summed E-state index contributed by atoms with van der Waals surface area (Å²) >= 11 is 0. The molecular formula is C10H16O3. The number of carboxylic acids is 1. The van der Waals surface area contributed by atoms with Crippen LogP contribution in [0.2, 0.25) is 0 Å². The van der Waals surface area contributed by atoms with E-state index in [0.717, 1.165) is 32.1 Å². The Labute approximate surface area is 78.4 Å². The summed E-state index contributed by atoms with van der Waals surface area (Å²) in [4.78, 5) is 10.3. The first-order valence-electron chi connectivity index (χ1n) is 4.77.